The van der Waals surface area contributed by atoms with Crippen LogP contribution in [0.4, 0.5) is 0 Å². The Bertz CT molecular complexity index is 2440. The molecule has 0 N–H and O–H groups in total. The van der Waals surface area contributed by atoms with E-state index in [0.29, 0.717) is 0 Å². The van der Waals surface area contributed by atoms with Gasteiger partial charge in [-0.1, -0.05) is 101 Å². The second-order valence-corrected chi connectivity index (χ2v) is 15.2. The number of nitrogens with zero attached hydrogens (tertiary/aromatic N) is 1. The minimum Gasteiger partial charge on any atom is -0.497 e. The fourth-order valence-corrected chi connectivity index (χ4v) is 8.98. The highest BCUT2D eigenvalue weighted by atomic mass is 16.5. The number of fused-ring (bicyclic) bond motifs is 3. The van der Waals surface area contributed by atoms with E-state index in [4.69, 9.17) is 9.47 Å². The first kappa shape index (κ1) is 30.1. The molecule has 0 atom stereocenters. The van der Waals surface area contributed by atoms with Gasteiger partial charge in [-0.3, -0.25) is 0 Å². The first-order valence-electron chi connectivity index (χ1n) is 17.8. The molecule has 1 saturated carbocycles. The van der Waals surface area contributed by atoms with E-state index < -0.39 is 0 Å². The maximum atomic E-state index is 5.62. The largest absolute Gasteiger partial charge is 0.497 e. The summed E-state index contributed by atoms with van der Waals surface area (Å²) in [6, 6.07) is 41.4. The lowest BCUT2D eigenvalue weighted by molar-refractivity contribution is 0.348. The van der Waals surface area contributed by atoms with Crippen molar-refractivity contribution in [2.75, 3.05) is 14.2 Å². The molecule has 0 aliphatic heterocycles. The van der Waals surface area contributed by atoms with E-state index in [9.17, 15) is 0 Å². The Morgan fingerprint density at radius 2 is 1.12 bits per heavy atom. The molecule has 7 aromatic carbocycles. The standard InChI is InChI=1S/C46H43NO2/c1-45(2,3)33-25-30-10-9-29-12-20-40(37-19-11-31(26-33)43(30)44(29)37)46(23-7-6-8-24-46)32-13-15-34(16-14-32)47-41-21-17-35(48-4)27-38(41)39-28-36(49-5)18-22-42(39)47/h9-22,25-28H,6-8,23-24H2,1-5H3. The SMILES string of the molecule is COc1ccc2c(c1)c1cc(OC)ccc1n2-c1ccc(C2(c3ccc4ccc5cc(C(C)(C)C)cc6ccc3c4c56)CCCCC2)cc1. The molecule has 9 rings (SSSR count). The normalized spacial score (nSPS) is 15.2. The van der Waals surface area contributed by atoms with E-state index in [1.807, 2.05) is 0 Å². The molecule has 3 heteroatoms. The Kier molecular flexibility index (Phi) is 6.75. The third-order valence-corrected chi connectivity index (χ3v) is 11.5. The Morgan fingerprint density at radius 1 is 0.551 bits per heavy atom. The van der Waals surface area contributed by atoms with Crippen LogP contribution < -0.4 is 9.47 Å². The number of hydrogen-bond acceptors (Lipinski definition) is 2. The number of rotatable bonds is 5. The van der Waals surface area contributed by atoms with Crippen LogP contribution in [0, 0.1) is 0 Å². The molecular weight excluding hydrogens is 599 g/mol. The fraction of sp³-hybridized carbons (Fsp3) is 0.261. The zero-order valence-corrected chi connectivity index (χ0v) is 29.2. The third-order valence-electron chi connectivity index (χ3n) is 11.5. The highest BCUT2D eigenvalue weighted by Crippen LogP contribution is 2.50. The lowest BCUT2D eigenvalue weighted by atomic mass is 9.64. The molecule has 0 radical (unpaired) electrons. The van der Waals surface area contributed by atoms with Gasteiger partial charge in [-0.05, 0) is 116 Å². The summed E-state index contributed by atoms with van der Waals surface area (Å²) in [6.07, 6.45) is 6.12. The van der Waals surface area contributed by atoms with E-state index in [1.54, 1.807) is 14.2 Å². The summed E-state index contributed by atoms with van der Waals surface area (Å²) in [4.78, 5) is 0. The highest BCUT2D eigenvalue weighted by molar-refractivity contribution is 6.24. The van der Waals surface area contributed by atoms with Crippen molar-refractivity contribution in [2.45, 2.75) is 63.7 Å². The molecular formula is C46H43NO2. The average molecular weight is 642 g/mol. The van der Waals surface area contributed by atoms with E-state index in [1.165, 1.54) is 81.1 Å². The van der Waals surface area contributed by atoms with E-state index in [-0.39, 0.29) is 10.8 Å². The van der Waals surface area contributed by atoms with E-state index >= 15 is 0 Å². The molecule has 244 valence electrons. The predicted octanol–water partition coefficient (Wildman–Crippen LogP) is 12.2. The number of ether oxygens (including phenoxy) is 2. The second-order valence-electron chi connectivity index (χ2n) is 15.2. The molecule has 1 heterocycles. The molecule has 1 aromatic heterocycles. The minimum atomic E-state index is -0.0305. The van der Waals surface area contributed by atoms with Gasteiger partial charge in [0.15, 0.2) is 0 Å². The van der Waals surface area contributed by atoms with Crippen LogP contribution in [-0.2, 0) is 10.8 Å². The summed E-state index contributed by atoms with van der Waals surface area (Å²) >= 11 is 0. The van der Waals surface area contributed by atoms with Crippen molar-refractivity contribution in [1.29, 1.82) is 0 Å². The van der Waals surface area contributed by atoms with Crippen molar-refractivity contribution in [3.63, 3.8) is 0 Å². The summed E-state index contributed by atoms with van der Waals surface area (Å²) in [5.74, 6) is 1.71. The number of benzene rings is 7. The highest BCUT2D eigenvalue weighted by Gasteiger charge is 2.37. The minimum absolute atomic E-state index is 0.0305. The van der Waals surface area contributed by atoms with Crippen LogP contribution in [0.3, 0.4) is 0 Å². The summed E-state index contributed by atoms with van der Waals surface area (Å²) in [5, 5.41) is 10.6. The molecule has 0 spiro atoms. The molecule has 0 amide bonds. The van der Waals surface area contributed by atoms with E-state index in [2.05, 4.69) is 135 Å². The topological polar surface area (TPSA) is 23.4 Å². The molecule has 3 nitrogen and oxygen atoms in total. The van der Waals surface area contributed by atoms with Gasteiger partial charge in [-0.25, -0.2) is 0 Å². The van der Waals surface area contributed by atoms with Crippen LogP contribution in [0.2, 0.25) is 0 Å². The third kappa shape index (κ3) is 4.55. The van der Waals surface area contributed by atoms with Gasteiger partial charge >= 0.3 is 0 Å². The molecule has 8 aromatic rings. The van der Waals surface area contributed by atoms with Crippen molar-refractivity contribution in [3.05, 3.63) is 126 Å². The average Bonchev–Trinajstić information content (AvgIpc) is 3.46. The lowest BCUT2D eigenvalue weighted by Gasteiger charge is -2.40. The van der Waals surface area contributed by atoms with Gasteiger partial charge in [-0.15, -0.1) is 0 Å². The van der Waals surface area contributed by atoms with Crippen LogP contribution in [0.5, 0.6) is 11.5 Å². The molecule has 1 fully saturated rings. The Hall–Kier alpha value is -5.02. The van der Waals surface area contributed by atoms with Crippen molar-refractivity contribution in [2.24, 2.45) is 0 Å². The first-order valence-corrected chi connectivity index (χ1v) is 17.8. The summed E-state index contributed by atoms with van der Waals surface area (Å²) in [7, 11) is 3.45. The summed E-state index contributed by atoms with van der Waals surface area (Å²) in [6.45, 7) is 6.93. The zero-order valence-electron chi connectivity index (χ0n) is 29.2. The van der Waals surface area contributed by atoms with Gasteiger partial charge in [0.05, 0.1) is 25.3 Å². The summed E-state index contributed by atoms with van der Waals surface area (Å²) < 4.78 is 13.6. The predicted molar refractivity (Wildman–Crippen MR) is 207 cm³/mol. The maximum absolute atomic E-state index is 5.62. The monoisotopic (exact) mass is 641 g/mol. The fourth-order valence-electron chi connectivity index (χ4n) is 8.98. The van der Waals surface area contributed by atoms with Gasteiger partial charge in [0.2, 0.25) is 0 Å². The molecule has 49 heavy (non-hydrogen) atoms. The van der Waals surface area contributed by atoms with Crippen LogP contribution in [-0.4, -0.2) is 18.8 Å². The molecule has 0 saturated heterocycles. The molecule has 1 aliphatic carbocycles. The maximum Gasteiger partial charge on any atom is 0.119 e. The van der Waals surface area contributed by atoms with Crippen LogP contribution in [0.15, 0.2) is 109 Å². The van der Waals surface area contributed by atoms with Gasteiger partial charge in [0, 0.05) is 21.9 Å². The lowest BCUT2D eigenvalue weighted by Crippen LogP contribution is -2.30. The molecule has 0 unspecified atom stereocenters. The van der Waals surface area contributed by atoms with Gasteiger partial charge in [-0.2, -0.15) is 0 Å². The van der Waals surface area contributed by atoms with Crippen LogP contribution in [0.1, 0.15) is 69.6 Å². The van der Waals surface area contributed by atoms with Crippen molar-refractivity contribution < 1.29 is 9.47 Å². The Morgan fingerprint density at radius 3 is 1.71 bits per heavy atom. The molecule has 0 bridgehead atoms. The van der Waals surface area contributed by atoms with Crippen LogP contribution >= 0.6 is 0 Å². The van der Waals surface area contributed by atoms with Crippen molar-refractivity contribution in [1.82, 2.24) is 4.57 Å². The number of methoxy groups -OCH3 is 2. The Labute approximate surface area is 288 Å². The quantitative estimate of drug-likeness (QED) is 0.175. The van der Waals surface area contributed by atoms with Gasteiger partial charge < -0.3 is 14.0 Å². The van der Waals surface area contributed by atoms with Crippen molar-refractivity contribution in [3.8, 4) is 17.2 Å². The second kappa shape index (κ2) is 11.0. The number of hydrogen-bond donors (Lipinski definition) is 0. The van der Waals surface area contributed by atoms with Crippen LogP contribution in [0.25, 0.3) is 59.8 Å². The zero-order chi connectivity index (χ0) is 33.5. The molecule has 1 aliphatic rings. The van der Waals surface area contributed by atoms with Gasteiger partial charge in [0.1, 0.15) is 11.5 Å². The van der Waals surface area contributed by atoms with Crippen molar-refractivity contribution >= 4 is 54.1 Å². The first-order chi connectivity index (χ1) is 23.8. The summed E-state index contributed by atoms with van der Waals surface area (Å²) in [5.41, 5.74) is 7.85. The number of aromatic nitrogens is 1. The Balaban J connectivity index is 1.22. The smallest absolute Gasteiger partial charge is 0.119 e. The van der Waals surface area contributed by atoms with E-state index in [0.717, 1.165) is 39.0 Å². The van der Waals surface area contributed by atoms with Gasteiger partial charge in [0.25, 0.3) is 0 Å².